The molecule has 0 N–H and O–H groups in total. The SMILES string of the molecule is COC(=O)C(C)(CC1COC1)c1ccncc1. The first-order chi connectivity index (χ1) is 8.16. The van der Waals surface area contributed by atoms with Crippen LogP contribution in [0.25, 0.3) is 0 Å². The maximum atomic E-state index is 12.0. The molecule has 1 aliphatic heterocycles. The van der Waals surface area contributed by atoms with E-state index in [1.807, 2.05) is 19.1 Å². The van der Waals surface area contributed by atoms with Gasteiger partial charge in [0.15, 0.2) is 0 Å². The van der Waals surface area contributed by atoms with Crippen molar-refractivity contribution < 1.29 is 14.3 Å². The minimum absolute atomic E-state index is 0.199. The molecule has 0 spiro atoms. The lowest BCUT2D eigenvalue weighted by atomic mass is 9.75. The normalized spacial score (nSPS) is 19.2. The molecule has 4 nitrogen and oxygen atoms in total. The molecule has 4 heteroatoms. The summed E-state index contributed by atoms with van der Waals surface area (Å²) < 4.78 is 10.1. The summed E-state index contributed by atoms with van der Waals surface area (Å²) in [5, 5.41) is 0. The van der Waals surface area contributed by atoms with Gasteiger partial charge in [-0.15, -0.1) is 0 Å². The van der Waals surface area contributed by atoms with E-state index in [1.165, 1.54) is 7.11 Å². The molecule has 1 fully saturated rings. The molecular formula is C13H17NO3. The minimum atomic E-state index is -0.605. The van der Waals surface area contributed by atoms with Crippen molar-refractivity contribution in [2.75, 3.05) is 20.3 Å². The minimum Gasteiger partial charge on any atom is -0.468 e. The summed E-state index contributed by atoms with van der Waals surface area (Å²) in [7, 11) is 1.43. The smallest absolute Gasteiger partial charge is 0.316 e. The van der Waals surface area contributed by atoms with Crippen molar-refractivity contribution in [3.8, 4) is 0 Å². The second-order valence-electron chi connectivity index (χ2n) is 4.67. The first kappa shape index (κ1) is 12.0. The molecule has 0 saturated carbocycles. The first-order valence-electron chi connectivity index (χ1n) is 5.73. The van der Waals surface area contributed by atoms with Crippen LogP contribution >= 0.6 is 0 Å². The van der Waals surface area contributed by atoms with E-state index in [1.54, 1.807) is 12.4 Å². The van der Waals surface area contributed by atoms with E-state index in [-0.39, 0.29) is 5.97 Å². The van der Waals surface area contributed by atoms with Crippen LogP contribution in [0, 0.1) is 5.92 Å². The van der Waals surface area contributed by atoms with Crippen LogP contribution in [0.1, 0.15) is 18.9 Å². The van der Waals surface area contributed by atoms with Gasteiger partial charge >= 0.3 is 5.97 Å². The van der Waals surface area contributed by atoms with Gasteiger partial charge in [0.1, 0.15) is 0 Å². The third kappa shape index (κ3) is 2.31. The molecule has 92 valence electrons. The fourth-order valence-corrected chi connectivity index (χ4v) is 2.24. The first-order valence-corrected chi connectivity index (χ1v) is 5.73. The summed E-state index contributed by atoms with van der Waals surface area (Å²) in [6.07, 6.45) is 4.16. The second-order valence-corrected chi connectivity index (χ2v) is 4.67. The summed E-state index contributed by atoms with van der Waals surface area (Å²) in [5.74, 6) is 0.239. The summed E-state index contributed by atoms with van der Waals surface area (Å²) in [4.78, 5) is 16.0. The number of pyridine rings is 1. The Morgan fingerprint density at radius 3 is 2.65 bits per heavy atom. The third-order valence-corrected chi connectivity index (χ3v) is 3.36. The molecule has 0 bridgehead atoms. The monoisotopic (exact) mass is 235 g/mol. The lowest BCUT2D eigenvalue weighted by Crippen LogP contribution is -2.41. The zero-order valence-corrected chi connectivity index (χ0v) is 10.2. The standard InChI is InChI=1S/C13H17NO3/c1-13(12(15)16-2,7-10-8-17-9-10)11-3-5-14-6-4-11/h3-6,10H,7-9H2,1-2H3. The summed E-state index contributed by atoms with van der Waals surface area (Å²) >= 11 is 0. The molecule has 2 rings (SSSR count). The highest BCUT2D eigenvalue weighted by Crippen LogP contribution is 2.34. The molecule has 17 heavy (non-hydrogen) atoms. The predicted molar refractivity (Wildman–Crippen MR) is 62.5 cm³/mol. The van der Waals surface area contributed by atoms with E-state index in [2.05, 4.69) is 4.98 Å². The van der Waals surface area contributed by atoms with Crippen molar-refractivity contribution in [2.24, 2.45) is 5.92 Å². The number of hydrogen-bond acceptors (Lipinski definition) is 4. The quantitative estimate of drug-likeness (QED) is 0.743. The number of aromatic nitrogens is 1. The topological polar surface area (TPSA) is 48.4 Å². The van der Waals surface area contributed by atoms with Crippen molar-refractivity contribution in [3.63, 3.8) is 0 Å². The lowest BCUT2D eigenvalue weighted by Gasteiger charge is -2.35. The van der Waals surface area contributed by atoms with E-state index < -0.39 is 5.41 Å². The molecule has 1 aromatic heterocycles. The second kappa shape index (κ2) is 4.84. The number of rotatable bonds is 4. The van der Waals surface area contributed by atoms with Gasteiger partial charge in [-0.25, -0.2) is 0 Å². The molecule has 1 aliphatic rings. The highest BCUT2D eigenvalue weighted by molar-refractivity contribution is 5.82. The average molecular weight is 235 g/mol. The fourth-order valence-electron chi connectivity index (χ4n) is 2.24. The van der Waals surface area contributed by atoms with E-state index in [0.717, 1.165) is 25.2 Å². The molecule has 0 aromatic carbocycles. The highest BCUT2D eigenvalue weighted by Gasteiger charge is 2.40. The van der Waals surface area contributed by atoms with Gasteiger partial charge in [0.05, 0.1) is 25.7 Å². The van der Waals surface area contributed by atoms with Crippen LogP contribution in [0.5, 0.6) is 0 Å². The van der Waals surface area contributed by atoms with Gasteiger partial charge in [-0.3, -0.25) is 9.78 Å². The zero-order chi connectivity index (χ0) is 12.3. The van der Waals surface area contributed by atoms with Crippen LogP contribution < -0.4 is 0 Å². The summed E-state index contributed by atoms with van der Waals surface area (Å²) in [5.41, 5.74) is 0.345. The van der Waals surface area contributed by atoms with Crippen LogP contribution in [-0.4, -0.2) is 31.3 Å². The molecule has 2 heterocycles. The number of methoxy groups -OCH3 is 1. The van der Waals surface area contributed by atoms with Crippen LogP contribution in [0.3, 0.4) is 0 Å². The molecule has 1 aromatic rings. The van der Waals surface area contributed by atoms with Crippen molar-refractivity contribution in [2.45, 2.75) is 18.8 Å². The predicted octanol–water partition coefficient (Wildman–Crippen LogP) is 1.55. The van der Waals surface area contributed by atoms with Crippen molar-refractivity contribution >= 4 is 5.97 Å². The molecule has 1 atom stereocenters. The number of hydrogen-bond donors (Lipinski definition) is 0. The van der Waals surface area contributed by atoms with E-state index in [0.29, 0.717) is 5.92 Å². The number of carbonyl (C=O) groups is 1. The van der Waals surface area contributed by atoms with Crippen LogP contribution in [0.2, 0.25) is 0 Å². The lowest BCUT2D eigenvalue weighted by molar-refractivity contribution is -0.149. The molecule has 1 unspecified atom stereocenters. The maximum Gasteiger partial charge on any atom is 0.316 e. The van der Waals surface area contributed by atoms with Gasteiger partial charge in [-0.2, -0.15) is 0 Å². The van der Waals surface area contributed by atoms with Gasteiger partial charge in [0.2, 0.25) is 0 Å². The van der Waals surface area contributed by atoms with E-state index >= 15 is 0 Å². The Morgan fingerprint density at radius 1 is 1.53 bits per heavy atom. The molecule has 0 amide bonds. The Balaban J connectivity index is 2.25. The fraction of sp³-hybridized carbons (Fsp3) is 0.538. The van der Waals surface area contributed by atoms with Gasteiger partial charge < -0.3 is 9.47 Å². The molecular weight excluding hydrogens is 218 g/mol. The Hall–Kier alpha value is -1.42. The average Bonchev–Trinajstić information content (AvgIpc) is 2.33. The van der Waals surface area contributed by atoms with Gasteiger partial charge in [-0.1, -0.05) is 0 Å². The third-order valence-electron chi connectivity index (χ3n) is 3.36. The maximum absolute atomic E-state index is 12.0. The molecule has 0 radical (unpaired) electrons. The summed E-state index contributed by atoms with van der Waals surface area (Å²) in [6, 6.07) is 3.74. The Morgan fingerprint density at radius 2 is 2.18 bits per heavy atom. The molecule has 1 saturated heterocycles. The van der Waals surface area contributed by atoms with Gasteiger partial charge in [-0.05, 0) is 31.0 Å². The summed E-state index contributed by atoms with van der Waals surface area (Å²) in [6.45, 7) is 3.39. The largest absolute Gasteiger partial charge is 0.468 e. The van der Waals surface area contributed by atoms with E-state index in [4.69, 9.17) is 9.47 Å². The van der Waals surface area contributed by atoms with Crippen LogP contribution in [0.15, 0.2) is 24.5 Å². The number of nitrogens with zero attached hydrogens (tertiary/aromatic N) is 1. The molecule has 0 aliphatic carbocycles. The van der Waals surface area contributed by atoms with Gasteiger partial charge in [0.25, 0.3) is 0 Å². The number of esters is 1. The Labute approximate surface area is 101 Å². The highest BCUT2D eigenvalue weighted by atomic mass is 16.5. The number of ether oxygens (including phenoxy) is 2. The van der Waals surface area contributed by atoms with Gasteiger partial charge in [0, 0.05) is 18.3 Å². The van der Waals surface area contributed by atoms with E-state index in [9.17, 15) is 4.79 Å². The van der Waals surface area contributed by atoms with Crippen molar-refractivity contribution in [1.82, 2.24) is 4.98 Å². The Bertz CT molecular complexity index is 389. The Kier molecular flexibility index (Phi) is 3.43. The zero-order valence-electron chi connectivity index (χ0n) is 10.2. The van der Waals surface area contributed by atoms with Crippen LogP contribution in [0.4, 0.5) is 0 Å². The number of carbonyl (C=O) groups excluding carboxylic acids is 1. The van der Waals surface area contributed by atoms with Crippen LogP contribution in [-0.2, 0) is 19.7 Å². The van der Waals surface area contributed by atoms with Crippen molar-refractivity contribution in [1.29, 1.82) is 0 Å². The van der Waals surface area contributed by atoms with Crippen molar-refractivity contribution in [3.05, 3.63) is 30.1 Å².